The second-order valence-corrected chi connectivity index (χ2v) is 12.6. The smallest absolute Gasteiger partial charge is 0.253 e. The first-order chi connectivity index (χ1) is 19.4. The van der Waals surface area contributed by atoms with Crippen LogP contribution in [0.5, 0.6) is 0 Å². The Kier molecular flexibility index (Phi) is 9.07. The van der Waals surface area contributed by atoms with E-state index in [1.54, 1.807) is 28.0 Å². The van der Waals surface area contributed by atoms with Gasteiger partial charge < -0.3 is 24.5 Å². The second kappa shape index (κ2) is 11.9. The minimum absolute atomic E-state index is 0.149. The molecule has 1 aromatic carbocycles. The molecule has 3 heterocycles. The zero-order valence-corrected chi connectivity index (χ0v) is 25.7. The van der Waals surface area contributed by atoms with Gasteiger partial charge in [0.2, 0.25) is 11.8 Å². The van der Waals surface area contributed by atoms with Gasteiger partial charge in [-0.3, -0.25) is 14.4 Å². The summed E-state index contributed by atoms with van der Waals surface area (Å²) in [5.41, 5.74) is -0.767. The van der Waals surface area contributed by atoms with E-state index in [1.807, 2.05) is 46.8 Å². The van der Waals surface area contributed by atoms with Gasteiger partial charge in [-0.1, -0.05) is 56.7 Å². The van der Waals surface area contributed by atoms with E-state index in [4.69, 9.17) is 16.3 Å². The number of amides is 3. The van der Waals surface area contributed by atoms with Gasteiger partial charge in [-0.25, -0.2) is 0 Å². The van der Waals surface area contributed by atoms with Crippen molar-refractivity contribution in [2.45, 2.75) is 77.2 Å². The van der Waals surface area contributed by atoms with Crippen LogP contribution in [0, 0.1) is 24.7 Å². The highest BCUT2D eigenvalue weighted by Gasteiger charge is 2.79. The maximum Gasteiger partial charge on any atom is 0.253 e. The van der Waals surface area contributed by atoms with Crippen LogP contribution in [0.15, 0.2) is 43.5 Å². The number of fused-ring (bicyclic) bond motifs is 1. The van der Waals surface area contributed by atoms with Crippen LogP contribution >= 0.6 is 11.6 Å². The molecule has 6 atom stereocenters. The van der Waals surface area contributed by atoms with Gasteiger partial charge in [0, 0.05) is 19.6 Å². The van der Waals surface area contributed by atoms with E-state index in [0.29, 0.717) is 36.6 Å². The number of rotatable bonds is 12. The first-order valence-corrected chi connectivity index (χ1v) is 15.0. The van der Waals surface area contributed by atoms with E-state index < -0.39 is 35.1 Å². The van der Waals surface area contributed by atoms with E-state index >= 15 is 0 Å². The lowest BCUT2D eigenvalue weighted by molar-refractivity contribution is -0.152. The number of ether oxygens (including phenoxy) is 1. The predicted molar refractivity (Wildman–Crippen MR) is 161 cm³/mol. The lowest BCUT2D eigenvalue weighted by atomic mass is 9.66. The van der Waals surface area contributed by atoms with Crippen LogP contribution in [0.2, 0.25) is 5.02 Å². The largest absolute Gasteiger partial charge is 0.394 e. The molecule has 9 heteroatoms. The topological polar surface area (TPSA) is 90.4 Å². The molecule has 2 bridgehead atoms. The molecule has 41 heavy (non-hydrogen) atoms. The average Bonchev–Trinajstić information content (AvgIpc) is 3.48. The highest BCUT2D eigenvalue weighted by atomic mass is 35.5. The highest BCUT2D eigenvalue weighted by molar-refractivity contribution is 6.34. The molecule has 4 rings (SSSR count). The molecule has 1 aromatic rings. The van der Waals surface area contributed by atoms with Crippen LogP contribution in [0.3, 0.4) is 0 Å². The number of carbonyl (C=O) groups is 3. The molecule has 0 aliphatic carbocycles. The Morgan fingerprint density at radius 3 is 2.46 bits per heavy atom. The van der Waals surface area contributed by atoms with Crippen LogP contribution in [0.25, 0.3) is 0 Å². The van der Waals surface area contributed by atoms with Gasteiger partial charge in [-0.2, -0.15) is 0 Å². The zero-order valence-electron chi connectivity index (χ0n) is 24.9. The fraction of sp³-hybridized carbons (Fsp3) is 0.594. The van der Waals surface area contributed by atoms with Crippen molar-refractivity contribution < 1.29 is 24.2 Å². The molecular formula is C32H44ClN3O5. The van der Waals surface area contributed by atoms with Crippen molar-refractivity contribution in [3.05, 3.63) is 54.1 Å². The molecule has 0 radical (unpaired) electrons. The van der Waals surface area contributed by atoms with Gasteiger partial charge in [0.15, 0.2) is 0 Å². The van der Waals surface area contributed by atoms with Crippen LogP contribution in [-0.4, -0.2) is 82.2 Å². The Hall–Kier alpha value is -2.68. The maximum atomic E-state index is 14.8. The van der Waals surface area contributed by atoms with Crippen LogP contribution in [-0.2, 0) is 19.1 Å². The van der Waals surface area contributed by atoms with Gasteiger partial charge in [0.1, 0.15) is 11.6 Å². The fourth-order valence-corrected chi connectivity index (χ4v) is 7.77. The Morgan fingerprint density at radius 1 is 1.22 bits per heavy atom. The molecule has 1 N–H and O–H groups in total. The van der Waals surface area contributed by atoms with E-state index in [0.717, 1.165) is 12.0 Å². The molecule has 3 aliphatic rings. The highest BCUT2D eigenvalue weighted by Crippen LogP contribution is 2.64. The maximum absolute atomic E-state index is 14.8. The molecule has 3 aliphatic heterocycles. The summed E-state index contributed by atoms with van der Waals surface area (Å²) >= 11 is 6.65. The molecule has 0 saturated carbocycles. The number of para-hydroxylation sites is 1. The van der Waals surface area contributed by atoms with Gasteiger partial charge >= 0.3 is 0 Å². The zero-order chi connectivity index (χ0) is 30.3. The number of anilines is 1. The number of aryl methyl sites for hydroxylation is 1. The number of halogens is 1. The molecule has 1 spiro atoms. The van der Waals surface area contributed by atoms with Crippen molar-refractivity contribution in [2.75, 3.05) is 31.1 Å². The lowest BCUT2D eigenvalue weighted by Gasteiger charge is -2.41. The minimum atomic E-state index is -1.22. The third-order valence-electron chi connectivity index (χ3n) is 9.22. The molecule has 2 unspecified atom stereocenters. The summed E-state index contributed by atoms with van der Waals surface area (Å²) in [5, 5.41) is 10.9. The number of carbonyl (C=O) groups excluding carboxylic acids is 3. The van der Waals surface area contributed by atoms with E-state index in [-0.39, 0.29) is 36.8 Å². The number of aliphatic hydroxyl groups excluding tert-OH is 1. The Bertz CT molecular complexity index is 1200. The van der Waals surface area contributed by atoms with Crippen LogP contribution in [0.4, 0.5) is 5.69 Å². The fourth-order valence-electron chi connectivity index (χ4n) is 7.44. The molecule has 8 nitrogen and oxygen atoms in total. The Labute approximate surface area is 248 Å². The number of hydrogen-bond acceptors (Lipinski definition) is 5. The van der Waals surface area contributed by atoms with Crippen molar-refractivity contribution in [1.82, 2.24) is 9.80 Å². The molecule has 3 saturated heterocycles. The Balaban J connectivity index is 1.89. The number of likely N-dealkylation sites (tertiary alicyclic amines) is 1. The van der Waals surface area contributed by atoms with E-state index in [9.17, 15) is 19.5 Å². The third kappa shape index (κ3) is 4.92. The minimum Gasteiger partial charge on any atom is -0.394 e. The van der Waals surface area contributed by atoms with E-state index in [1.165, 1.54) is 4.90 Å². The summed E-state index contributed by atoms with van der Waals surface area (Å²) in [6.07, 6.45) is 5.06. The summed E-state index contributed by atoms with van der Waals surface area (Å²) in [7, 11) is 0. The molecule has 3 fully saturated rings. The van der Waals surface area contributed by atoms with Crippen molar-refractivity contribution in [3.8, 4) is 0 Å². The lowest BCUT2D eigenvalue weighted by Crippen LogP contribution is -2.60. The summed E-state index contributed by atoms with van der Waals surface area (Å²) in [4.78, 5) is 48.4. The number of hydrogen-bond donors (Lipinski definition) is 1. The summed E-state index contributed by atoms with van der Waals surface area (Å²) in [6.45, 7) is 18.0. The van der Waals surface area contributed by atoms with Crippen molar-refractivity contribution >= 4 is 35.0 Å². The van der Waals surface area contributed by atoms with Crippen LogP contribution < -0.4 is 4.90 Å². The summed E-state index contributed by atoms with van der Waals surface area (Å²) in [5.74, 6) is -2.58. The van der Waals surface area contributed by atoms with Crippen molar-refractivity contribution in [2.24, 2.45) is 17.8 Å². The molecule has 0 aromatic heterocycles. The molecular weight excluding hydrogens is 542 g/mol. The summed E-state index contributed by atoms with van der Waals surface area (Å²) < 4.78 is 6.82. The van der Waals surface area contributed by atoms with Gasteiger partial charge in [0.05, 0.1) is 40.8 Å². The number of benzene rings is 1. The van der Waals surface area contributed by atoms with Gasteiger partial charge in [0.25, 0.3) is 5.91 Å². The van der Waals surface area contributed by atoms with Gasteiger partial charge in [-0.05, 0) is 50.7 Å². The second-order valence-electron chi connectivity index (χ2n) is 12.2. The first kappa shape index (κ1) is 31.3. The van der Waals surface area contributed by atoms with Crippen LogP contribution in [0.1, 0.15) is 52.5 Å². The standard InChI is InChI=1S/C32H44ClN3O5/c1-8-16-34(17-9-2)28(38)24-25-29(39)36(23(19-37)20(4)5)27(32(25)15-14-31(24,7)41-32)30(40)35(18-10-3)26-21(6)12-11-13-22(26)33/h8,10-13,20,23-25,27,37H,1,3,9,14-19H2,2,4-7H3/t23-,24+,25-,27?,31-,32?/m0/s1. The first-order valence-electron chi connectivity index (χ1n) is 14.6. The quantitative estimate of drug-likeness (QED) is 0.368. The van der Waals surface area contributed by atoms with Gasteiger partial charge in [-0.15, -0.1) is 13.2 Å². The van der Waals surface area contributed by atoms with Crippen molar-refractivity contribution in [1.29, 1.82) is 0 Å². The van der Waals surface area contributed by atoms with Crippen molar-refractivity contribution in [3.63, 3.8) is 0 Å². The summed E-state index contributed by atoms with van der Waals surface area (Å²) in [6, 6.07) is 3.74. The predicted octanol–water partition coefficient (Wildman–Crippen LogP) is 4.37. The SMILES string of the molecule is C=CCN(CCC)C(=O)[C@H]1[C@H]2C(=O)N([C@@H](CO)C(C)C)C(C(=O)N(CC=C)c3c(C)cccc3Cl)C23CC[C@]1(C)O3. The Morgan fingerprint density at radius 2 is 1.90 bits per heavy atom. The molecule has 224 valence electrons. The van der Waals surface area contributed by atoms with E-state index in [2.05, 4.69) is 13.2 Å². The molecule has 3 amide bonds. The number of aliphatic hydroxyl groups is 1. The monoisotopic (exact) mass is 585 g/mol. The average molecular weight is 586 g/mol. The normalized spacial score (nSPS) is 29.0. The third-order valence-corrected chi connectivity index (χ3v) is 9.52. The number of nitrogens with zero attached hydrogens (tertiary/aromatic N) is 3.